The molecule has 18 nitrogen and oxygen atoms in total. The van der Waals surface area contributed by atoms with Crippen LogP contribution in [0.3, 0.4) is 0 Å². The largest absolute Gasteiger partial charge is 0.444 e. The smallest absolute Gasteiger partial charge is 0.410 e. The molecule has 6 aliphatic heterocycles. The quantitative estimate of drug-likeness (QED) is 0.0757. The standard InChI is InChI=1S/C46H59N7O4.C36H43N7/c1-44(2,3)30-16-18-31(19-17-30)53-36(28-14-20-32-34(26-28)49-40(47-32)38-12-10-24-51(38)42(54)56-45(4,5)6)22-23-37(53)29-15-21-33-35(27-29)50-41(48-33)39-13-11-25-52(39)43(55)57-46(7,8)9;1-36(2,3)24-10-12-25(13-11-24)43-32(22-8-14-26-30(20-22)41-34(39-26)28-6-4-18-37-28)16-17-33(43)23-9-15-27-31(21-23)42-35(40-27)29-7-5-19-38-29/h14-21,26-27,36-39H,10-13,22-25H2,1-9H3,(H,47,49)(H,48,50);8-15,20-21,28-29,32-33,37-38H,4-7,16-19H2,1-3H3,(H,39,41)(H,40,42)/t36?,37?,38-,39?;28-,29?,32?,33?/m00/s1. The van der Waals surface area contributed by atoms with E-state index in [1.807, 2.05) is 51.3 Å². The van der Waals surface area contributed by atoms with E-state index >= 15 is 0 Å². The van der Waals surface area contributed by atoms with Gasteiger partial charge in [0, 0.05) is 24.5 Å². The van der Waals surface area contributed by atoms with Crippen molar-refractivity contribution in [3.8, 4) is 0 Å². The summed E-state index contributed by atoms with van der Waals surface area (Å²) in [5.74, 6) is 3.76. The van der Waals surface area contributed by atoms with Gasteiger partial charge in [0.15, 0.2) is 0 Å². The average molecular weight is 1350 g/mol. The van der Waals surface area contributed by atoms with Crippen LogP contribution in [0.4, 0.5) is 21.0 Å². The van der Waals surface area contributed by atoms with Crippen molar-refractivity contribution in [2.75, 3.05) is 36.0 Å². The fourth-order valence-corrected chi connectivity index (χ4v) is 16.6. The number of amides is 2. The van der Waals surface area contributed by atoms with E-state index in [0.29, 0.717) is 25.2 Å². The second-order valence-corrected chi connectivity index (χ2v) is 33.2. The number of hydrogen-bond donors (Lipinski definition) is 6. The molecular formula is C82H102N14O4. The SMILES string of the molecule is CC(C)(C)OC(=O)N1CCCC1c1nc2ccc(C3CCC(c4ccc5nc([C@@H]6CCCN6C(=O)OC(C)(C)C)[nH]c5c4)N3c3ccc(C(C)(C)C)cc3)cc2[nH]1.CC(C)(C)c1ccc(N2C(c3ccc4nc(C5CCCN5)[nH]c4c3)CCC2c2ccc3nc([C@@H]4CCCN4)[nH]c3c2)cc1. The highest BCUT2D eigenvalue weighted by Crippen LogP contribution is 2.51. The summed E-state index contributed by atoms with van der Waals surface area (Å²) < 4.78 is 11.5. The van der Waals surface area contributed by atoms with Gasteiger partial charge in [-0.1, -0.05) is 90.1 Å². The summed E-state index contributed by atoms with van der Waals surface area (Å²) in [5, 5.41) is 7.18. The van der Waals surface area contributed by atoms with Crippen molar-refractivity contribution in [1.82, 2.24) is 60.3 Å². The molecule has 6 saturated heterocycles. The number of rotatable bonds is 10. The topological polar surface area (TPSA) is 204 Å². The molecule has 0 saturated carbocycles. The zero-order valence-corrected chi connectivity index (χ0v) is 60.7. The number of imidazole rings is 4. The minimum absolute atomic E-state index is 0.0474. The number of carbonyl (C=O) groups is 2. The summed E-state index contributed by atoms with van der Waals surface area (Å²) in [7, 11) is 0. The van der Waals surface area contributed by atoms with Gasteiger partial charge in [0.1, 0.15) is 34.5 Å². The third-order valence-electron chi connectivity index (χ3n) is 21.6. The molecule has 6 aliphatic rings. The van der Waals surface area contributed by atoms with Crippen molar-refractivity contribution in [1.29, 1.82) is 0 Å². The molecule has 8 atom stereocenters. The molecule has 0 spiro atoms. The van der Waals surface area contributed by atoms with Gasteiger partial charge >= 0.3 is 12.2 Å². The first-order chi connectivity index (χ1) is 47.8. The molecule has 100 heavy (non-hydrogen) atoms. The number of fused-ring (bicyclic) bond motifs is 4. The molecule has 6 aromatic carbocycles. The van der Waals surface area contributed by atoms with Gasteiger partial charge in [0.2, 0.25) is 0 Å². The molecule has 4 aromatic heterocycles. The highest BCUT2D eigenvalue weighted by Gasteiger charge is 2.41. The monoisotopic (exact) mass is 1350 g/mol. The number of nitrogens with one attached hydrogen (secondary N) is 6. The number of anilines is 2. The Morgan fingerprint density at radius 3 is 0.970 bits per heavy atom. The summed E-state index contributed by atoms with van der Waals surface area (Å²) in [6, 6.07) is 46.5. The number of hydrogen-bond acceptors (Lipinski definition) is 12. The van der Waals surface area contributed by atoms with Crippen molar-refractivity contribution in [3.63, 3.8) is 0 Å². The number of aromatic amines is 4. The number of likely N-dealkylation sites (tertiary alicyclic amines) is 2. The highest BCUT2D eigenvalue weighted by atomic mass is 16.6. The van der Waals surface area contributed by atoms with Gasteiger partial charge in [0.05, 0.1) is 92.5 Å². The van der Waals surface area contributed by atoms with Crippen molar-refractivity contribution in [3.05, 3.63) is 178 Å². The Bertz CT molecular complexity index is 4370. The van der Waals surface area contributed by atoms with Crippen molar-refractivity contribution in [2.24, 2.45) is 0 Å². The van der Waals surface area contributed by atoms with Crippen LogP contribution < -0.4 is 20.4 Å². The second-order valence-electron chi connectivity index (χ2n) is 33.2. The predicted octanol–water partition coefficient (Wildman–Crippen LogP) is 18.6. The lowest BCUT2D eigenvalue weighted by atomic mass is 9.87. The third kappa shape index (κ3) is 13.7. The molecule has 0 bridgehead atoms. The lowest BCUT2D eigenvalue weighted by Gasteiger charge is -2.34. The van der Waals surface area contributed by atoms with Crippen molar-refractivity contribution < 1.29 is 19.1 Å². The first kappa shape index (κ1) is 67.1. The van der Waals surface area contributed by atoms with Gasteiger partial charge < -0.3 is 49.8 Å². The van der Waals surface area contributed by atoms with Crippen LogP contribution >= 0.6 is 0 Å². The van der Waals surface area contributed by atoms with E-state index in [-0.39, 0.29) is 59.3 Å². The number of benzene rings is 6. The molecule has 2 amide bonds. The Kier molecular flexibility index (Phi) is 17.7. The Morgan fingerprint density at radius 1 is 0.370 bits per heavy atom. The van der Waals surface area contributed by atoms with E-state index in [1.54, 1.807) is 0 Å². The molecular weight excluding hydrogens is 1240 g/mol. The lowest BCUT2D eigenvalue weighted by molar-refractivity contribution is 0.0208. The summed E-state index contributed by atoms with van der Waals surface area (Å²) >= 11 is 0. The van der Waals surface area contributed by atoms with Crippen LogP contribution in [0.1, 0.15) is 265 Å². The van der Waals surface area contributed by atoms with E-state index < -0.39 is 11.2 Å². The predicted molar refractivity (Wildman–Crippen MR) is 399 cm³/mol. The maximum absolute atomic E-state index is 13.1. The number of ether oxygens (including phenoxy) is 2. The van der Waals surface area contributed by atoms with E-state index in [0.717, 1.165) is 145 Å². The van der Waals surface area contributed by atoms with E-state index in [4.69, 9.17) is 29.4 Å². The van der Waals surface area contributed by atoms with Gasteiger partial charge in [-0.15, -0.1) is 0 Å². The lowest BCUT2D eigenvalue weighted by Crippen LogP contribution is -2.36. The molecule has 10 aromatic rings. The van der Waals surface area contributed by atoms with Crippen LogP contribution in [-0.2, 0) is 20.3 Å². The van der Waals surface area contributed by atoms with Gasteiger partial charge in [-0.25, -0.2) is 29.5 Å². The van der Waals surface area contributed by atoms with Crippen LogP contribution in [0.5, 0.6) is 0 Å². The van der Waals surface area contributed by atoms with Gasteiger partial charge in [-0.3, -0.25) is 9.80 Å². The number of nitrogens with zero attached hydrogens (tertiary/aromatic N) is 8. The first-order valence-electron chi connectivity index (χ1n) is 37.0. The normalized spacial score (nSPS) is 23.1. The first-order valence-corrected chi connectivity index (χ1v) is 37.0. The van der Waals surface area contributed by atoms with E-state index in [1.165, 1.54) is 57.6 Å². The Morgan fingerprint density at radius 2 is 0.680 bits per heavy atom. The maximum atomic E-state index is 13.1. The van der Waals surface area contributed by atoms with Crippen LogP contribution in [0.25, 0.3) is 44.1 Å². The fourth-order valence-electron chi connectivity index (χ4n) is 16.6. The van der Waals surface area contributed by atoms with E-state index in [9.17, 15) is 9.59 Å². The number of carbonyl (C=O) groups excluding carboxylic acids is 2. The van der Waals surface area contributed by atoms with Crippen molar-refractivity contribution in [2.45, 2.75) is 231 Å². The molecule has 6 fully saturated rings. The van der Waals surface area contributed by atoms with Crippen molar-refractivity contribution >= 4 is 67.7 Å². The second kappa shape index (κ2) is 26.3. The fraction of sp³-hybridized carbons (Fsp3) is 0.488. The molecule has 524 valence electrons. The van der Waals surface area contributed by atoms with Gasteiger partial charge in [0.25, 0.3) is 0 Å². The van der Waals surface area contributed by atoms with Gasteiger partial charge in [-0.2, -0.15) is 0 Å². The van der Waals surface area contributed by atoms with Crippen LogP contribution in [0.2, 0.25) is 0 Å². The zero-order chi connectivity index (χ0) is 69.6. The minimum atomic E-state index is -0.557. The van der Waals surface area contributed by atoms with Gasteiger partial charge in [-0.05, 0) is 249 Å². The Balaban J connectivity index is 0.000000169. The van der Waals surface area contributed by atoms with Crippen LogP contribution in [-0.4, -0.2) is 99.2 Å². The van der Waals surface area contributed by atoms with Crippen LogP contribution in [0, 0.1) is 0 Å². The highest BCUT2D eigenvalue weighted by molar-refractivity contribution is 5.80. The molecule has 6 unspecified atom stereocenters. The number of aromatic nitrogens is 8. The molecule has 10 heterocycles. The average Bonchev–Trinajstić information content (AvgIpc) is 1.60. The molecule has 18 heteroatoms. The van der Waals surface area contributed by atoms with Crippen LogP contribution in [0.15, 0.2) is 121 Å². The summed E-state index contributed by atoms with van der Waals surface area (Å²) in [5.41, 5.74) is 17.5. The number of H-pyrrole nitrogens is 4. The van der Waals surface area contributed by atoms with E-state index in [2.05, 4.69) is 203 Å². The molecule has 16 rings (SSSR count). The molecule has 6 N–H and O–H groups in total. The maximum Gasteiger partial charge on any atom is 0.410 e. The Hall–Kier alpha value is -8.74. The summed E-state index contributed by atoms with van der Waals surface area (Å²) in [4.78, 5) is 69.6. The Labute approximate surface area is 588 Å². The third-order valence-corrected chi connectivity index (χ3v) is 21.6. The minimum Gasteiger partial charge on any atom is -0.444 e. The molecule has 0 radical (unpaired) electrons. The zero-order valence-electron chi connectivity index (χ0n) is 60.7. The summed E-state index contributed by atoms with van der Waals surface area (Å²) in [6.07, 6.45) is 11.8. The summed E-state index contributed by atoms with van der Waals surface area (Å²) in [6.45, 7) is 28.5. The molecule has 0 aliphatic carbocycles.